The molecular formula is C18H28O2. The Bertz CT molecular complexity index is 455. The molecule has 0 heterocycles. The van der Waals surface area contributed by atoms with E-state index in [-0.39, 0.29) is 11.4 Å². The van der Waals surface area contributed by atoms with Gasteiger partial charge in [0.2, 0.25) is 0 Å². The first-order valence-corrected chi connectivity index (χ1v) is 7.39. The molecule has 1 unspecified atom stereocenters. The summed E-state index contributed by atoms with van der Waals surface area (Å²) in [5.74, 6) is 0.267. The van der Waals surface area contributed by atoms with Crippen LogP contribution >= 0.6 is 0 Å². The molecule has 2 heteroatoms. The van der Waals surface area contributed by atoms with Gasteiger partial charge in [0, 0.05) is 6.42 Å². The summed E-state index contributed by atoms with van der Waals surface area (Å²) in [5, 5.41) is 0. The molecular weight excluding hydrogens is 248 g/mol. The Morgan fingerprint density at radius 1 is 1.25 bits per heavy atom. The molecule has 0 saturated carbocycles. The Hall–Kier alpha value is -1.31. The largest absolute Gasteiger partial charge is 0.461 e. The highest BCUT2D eigenvalue weighted by atomic mass is 16.5. The highest BCUT2D eigenvalue weighted by Crippen LogP contribution is 2.26. The van der Waals surface area contributed by atoms with Crippen LogP contribution < -0.4 is 0 Å². The van der Waals surface area contributed by atoms with E-state index < -0.39 is 0 Å². The molecule has 1 aromatic carbocycles. The van der Waals surface area contributed by atoms with Gasteiger partial charge in [0.25, 0.3) is 0 Å². The van der Waals surface area contributed by atoms with Crippen LogP contribution in [0.4, 0.5) is 0 Å². The smallest absolute Gasteiger partial charge is 0.306 e. The van der Waals surface area contributed by atoms with Crippen molar-refractivity contribution in [3.63, 3.8) is 0 Å². The first-order chi connectivity index (χ1) is 9.17. The second kappa shape index (κ2) is 6.92. The highest BCUT2D eigenvalue weighted by molar-refractivity contribution is 5.69. The van der Waals surface area contributed by atoms with Crippen molar-refractivity contribution in [2.75, 3.05) is 0 Å². The van der Waals surface area contributed by atoms with Crippen molar-refractivity contribution in [2.24, 2.45) is 11.3 Å². The van der Waals surface area contributed by atoms with Crippen LogP contribution in [0, 0.1) is 25.2 Å². The van der Waals surface area contributed by atoms with Gasteiger partial charge in [0.05, 0.1) is 0 Å². The first-order valence-electron chi connectivity index (χ1n) is 7.39. The van der Waals surface area contributed by atoms with Gasteiger partial charge in [-0.3, -0.25) is 4.79 Å². The Labute approximate surface area is 123 Å². The predicted molar refractivity (Wildman–Crippen MR) is 83.6 cm³/mol. The minimum absolute atomic E-state index is 0.0956. The summed E-state index contributed by atoms with van der Waals surface area (Å²) >= 11 is 0. The van der Waals surface area contributed by atoms with E-state index >= 15 is 0 Å². The lowest BCUT2D eigenvalue weighted by Gasteiger charge is -2.22. The van der Waals surface area contributed by atoms with E-state index in [9.17, 15) is 4.79 Å². The van der Waals surface area contributed by atoms with Crippen LogP contribution in [0.15, 0.2) is 18.2 Å². The van der Waals surface area contributed by atoms with E-state index in [4.69, 9.17) is 4.74 Å². The van der Waals surface area contributed by atoms with E-state index in [0.29, 0.717) is 18.9 Å². The van der Waals surface area contributed by atoms with Gasteiger partial charge < -0.3 is 4.74 Å². The monoisotopic (exact) mass is 276 g/mol. The lowest BCUT2D eigenvalue weighted by atomic mass is 9.84. The van der Waals surface area contributed by atoms with Crippen LogP contribution in [-0.2, 0) is 16.1 Å². The molecule has 1 aromatic rings. The Morgan fingerprint density at radius 3 is 2.45 bits per heavy atom. The predicted octanol–water partition coefficient (Wildman–Crippen LogP) is 4.81. The maximum absolute atomic E-state index is 11.9. The van der Waals surface area contributed by atoms with Crippen molar-refractivity contribution in [1.29, 1.82) is 0 Å². The van der Waals surface area contributed by atoms with Gasteiger partial charge >= 0.3 is 5.97 Å². The normalized spacial score (nSPS) is 13.1. The van der Waals surface area contributed by atoms with Crippen molar-refractivity contribution < 1.29 is 9.53 Å². The third kappa shape index (κ3) is 6.23. The van der Waals surface area contributed by atoms with Gasteiger partial charge in [-0.15, -0.1) is 0 Å². The summed E-state index contributed by atoms with van der Waals surface area (Å²) in [7, 11) is 0. The molecule has 0 spiro atoms. The zero-order valence-electron chi connectivity index (χ0n) is 13.7. The van der Waals surface area contributed by atoms with Crippen LogP contribution in [0.2, 0.25) is 0 Å². The molecule has 0 aliphatic carbocycles. The number of carbonyl (C=O) groups is 1. The number of hydrogen-bond donors (Lipinski definition) is 0. The average Bonchev–Trinajstić information content (AvgIpc) is 2.24. The molecule has 1 rings (SSSR count). The lowest BCUT2D eigenvalue weighted by Crippen LogP contribution is -2.15. The topological polar surface area (TPSA) is 26.3 Å². The third-order valence-electron chi connectivity index (χ3n) is 3.36. The van der Waals surface area contributed by atoms with Crippen LogP contribution in [0.25, 0.3) is 0 Å². The molecule has 0 radical (unpaired) electrons. The van der Waals surface area contributed by atoms with Gasteiger partial charge in [-0.25, -0.2) is 0 Å². The molecule has 0 aliphatic heterocycles. The molecule has 0 N–H and O–H groups in total. The summed E-state index contributed by atoms with van der Waals surface area (Å²) in [4.78, 5) is 11.9. The quantitative estimate of drug-likeness (QED) is 0.721. The van der Waals surface area contributed by atoms with E-state index in [1.165, 1.54) is 11.1 Å². The summed E-state index contributed by atoms with van der Waals surface area (Å²) in [6, 6.07) is 6.21. The average molecular weight is 276 g/mol. The molecule has 0 fully saturated rings. The van der Waals surface area contributed by atoms with Gasteiger partial charge in [-0.2, -0.15) is 0 Å². The van der Waals surface area contributed by atoms with E-state index in [0.717, 1.165) is 12.0 Å². The van der Waals surface area contributed by atoms with Gasteiger partial charge in [-0.05, 0) is 42.7 Å². The zero-order valence-corrected chi connectivity index (χ0v) is 13.7. The number of hydrogen-bond acceptors (Lipinski definition) is 2. The second-order valence-corrected chi connectivity index (χ2v) is 7.16. The molecule has 0 saturated heterocycles. The SMILES string of the molecule is Cc1ccc(COC(=O)CC(C)CC(C)(C)C)c(C)c1. The fraction of sp³-hybridized carbons (Fsp3) is 0.611. The number of benzene rings is 1. The maximum Gasteiger partial charge on any atom is 0.306 e. The fourth-order valence-corrected chi connectivity index (χ4v) is 2.63. The fourth-order valence-electron chi connectivity index (χ4n) is 2.63. The van der Waals surface area contributed by atoms with Crippen LogP contribution in [0.5, 0.6) is 0 Å². The number of ether oxygens (including phenoxy) is 1. The van der Waals surface area contributed by atoms with E-state index in [1.807, 2.05) is 6.07 Å². The minimum atomic E-state index is -0.0956. The molecule has 0 aliphatic rings. The molecule has 1 atom stereocenters. The summed E-state index contributed by atoms with van der Waals surface area (Å²) < 4.78 is 5.39. The Balaban J connectivity index is 2.43. The maximum atomic E-state index is 11.9. The third-order valence-corrected chi connectivity index (χ3v) is 3.36. The minimum Gasteiger partial charge on any atom is -0.461 e. The van der Waals surface area contributed by atoms with Crippen molar-refractivity contribution in [2.45, 2.75) is 61.0 Å². The lowest BCUT2D eigenvalue weighted by molar-refractivity contribution is -0.146. The Morgan fingerprint density at radius 2 is 1.90 bits per heavy atom. The van der Waals surface area contributed by atoms with E-state index in [2.05, 4.69) is 53.7 Å². The summed E-state index contributed by atoms with van der Waals surface area (Å²) in [6.07, 6.45) is 1.54. The van der Waals surface area contributed by atoms with Crippen LogP contribution in [0.3, 0.4) is 0 Å². The summed E-state index contributed by atoms with van der Waals surface area (Å²) in [5.41, 5.74) is 3.76. The standard InChI is InChI=1S/C18H28O2/c1-13-7-8-16(15(3)9-13)12-20-17(19)10-14(2)11-18(4,5)6/h7-9,14H,10-12H2,1-6H3. The number of carbonyl (C=O) groups excluding carboxylic acids is 1. The highest BCUT2D eigenvalue weighted by Gasteiger charge is 2.18. The van der Waals surface area contributed by atoms with Crippen molar-refractivity contribution in [3.8, 4) is 0 Å². The van der Waals surface area contributed by atoms with Gasteiger partial charge in [0.1, 0.15) is 6.61 Å². The second-order valence-electron chi connectivity index (χ2n) is 7.16. The van der Waals surface area contributed by atoms with Crippen LogP contribution in [-0.4, -0.2) is 5.97 Å². The number of aryl methyl sites for hydroxylation is 2. The van der Waals surface area contributed by atoms with Crippen molar-refractivity contribution in [1.82, 2.24) is 0 Å². The van der Waals surface area contributed by atoms with Gasteiger partial charge in [-0.1, -0.05) is 51.5 Å². The zero-order chi connectivity index (χ0) is 15.3. The number of rotatable bonds is 5. The van der Waals surface area contributed by atoms with Crippen molar-refractivity contribution >= 4 is 5.97 Å². The molecule has 0 bridgehead atoms. The Kier molecular flexibility index (Phi) is 5.79. The molecule has 0 amide bonds. The van der Waals surface area contributed by atoms with Gasteiger partial charge in [0.15, 0.2) is 0 Å². The van der Waals surface area contributed by atoms with Crippen molar-refractivity contribution in [3.05, 3.63) is 34.9 Å². The molecule has 112 valence electrons. The number of esters is 1. The first kappa shape index (κ1) is 16.7. The molecule has 0 aromatic heterocycles. The van der Waals surface area contributed by atoms with Crippen LogP contribution in [0.1, 0.15) is 57.2 Å². The van der Waals surface area contributed by atoms with E-state index in [1.54, 1.807) is 0 Å². The summed E-state index contributed by atoms with van der Waals surface area (Å²) in [6.45, 7) is 13.2. The molecule has 20 heavy (non-hydrogen) atoms. The molecule has 2 nitrogen and oxygen atoms in total.